The molecule has 1 fully saturated rings. The molecule has 2 aromatic carbocycles. The van der Waals surface area contributed by atoms with E-state index in [2.05, 4.69) is 5.32 Å². The molecular formula is C19H18N4O5S. The maximum absolute atomic E-state index is 12.8. The summed E-state index contributed by atoms with van der Waals surface area (Å²) in [6.07, 6.45) is 0. The van der Waals surface area contributed by atoms with E-state index >= 15 is 0 Å². The van der Waals surface area contributed by atoms with Crippen LogP contribution in [-0.4, -0.2) is 50.8 Å². The van der Waals surface area contributed by atoms with Crippen LogP contribution in [0.25, 0.3) is 0 Å². The Labute approximate surface area is 167 Å². The molecule has 1 aliphatic rings. The van der Waals surface area contributed by atoms with Crippen LogP contribution in [0.5, 0.6) is 0 Å². The summed E-state index contributed by atoms with van der Waals surface area (Å²) in [6.45, 7) is 1.11. The minimum atomic E-state index is -3.76. The molecule has 1 saturated heterocycles. The summed E-state index contributed by atoms with van der Waals surface area (Å²) >= 11 is 0. The lowest BCUT2D eigenvalue weighted by Gasteiger charge is -2.26. The lowest BCUT2D eigenvalue weighted by molar-refractivity contribution is 0.0730. The number of rotatable bonds is 5. The molecule has 29 heavy (non-hydrogen) atoms. The second-order valence-corrected chi connectivity index (χ2v) is 8.17. The zero-order valence-electron chi connectivity index (χ0n) is 15.3. The predicted octanol–water partition coefficient (Wildman–Crippen LogP) is 0.930. The number of carbonyl (C=O) groups excluding carboxylic acids is 2. The first-order valence-corrected chi connectivity index (χ1v) is 10.1. The molecule has 0 spiro atoms. The van der Waals surface area contributed by atoms with Gasteiger partial charge in [-0.3, -0.25) is 9.59 Å². The van der Waals surface area contributed by atoms with Gasteiger partial charge in [-0.05, 0) is 36.4 Å². The van der Waals surface area contributed by atoms with Crippen molar-refractivity contribution >= 4 is 27.5 Å². The van der Waals surface area contributed by atoms with E-state index in [0.717, 1.165) is 0 Å². The topological polar surface area (TPSA) is 143 Å². The van der Waals surface area contributed by atoms with Gasteiger partial charge in [0.25, 0.3) is 11.8 Å². The number of primary amides is 1. The fourth-order valence-electron chi connectivity index (χ4n) is 2.85. The van der Waals surface area contributed by atoms with Gasteiger partial charge in [-0.1, -0.05) is 6.07 Å². The number of morpholine rings is 1. The predicted molar refractivity (Wildman–Crippen MR) is 104 cm³/mol. The van der Waals surface area contributed by atoms with E-state index in [1.807, 2.05) is 6.07 Å². The zero-order chi connectivity index (χ0) is 21.0. The van der Waals surface area contributed by atoms with Gasteiger partial charge in [0.1, 0.15) is 0 Å². The van der Waals surface area contributed by atoms with Crippen molar-refractivity contribution < 1.29 is 22.7 Å². The molecular weight excluding hydrogens is 396 g/mol. The molecule has 0 unspecified atom stereocenters. The van der Waals surface area contributed by atoms with Crippen molar-refractivity contribution in [2.45, 2.75) is 4.90 Å². The number of nitriles is 1. The van der Waals surface area contributed by atoms with Crippen LogP contribution in [0.3, 0.4) is 0 Å². The molecule has 150 valence electrons. The first-order chi connectivity index (χ1) is 13.8. The Bertz CT molecular complexity index is 1100. The van der Waals surface area contributed by atoms with Gasteiger partial charge in [-0.25, -0.2) is 8.42 Å². The van der Waals surface area contributed by atoms with Gasteiger partial charge in [-0.15, -0.1) is 0 Å². The molecule has 2 amide bonds. The number of hydrogen-bond acceptors (Lipinski definition) is 6. The van der Waals surface area contributed by atoms with Crippen molar-refractivity contribution in [1.29, 1.82) is 5.26 Å². The Balaban J connectivity index is 1.87. The van der Waals surface area contributed by atoms with Gasteiger partial charge < -0.3 is 15.8 Å². The number of ether oxygens (including phenoxy) is 1. The number of anilines is 1. The highest BCUT2D eigenvalue weighted by Gasteiger charge is 2.27. The summed E-state index contributed by atoms with van der Waals surface area (Å²) in [5.74, 6) is -1.42. The Morgan fingerprint density at radius 2 is 1.86 bits per heavy atom. The zero-order valence-corrected chi connectivity index (χ0v) is 16.1. The quantitative estimate of drug-likeness (QED) is 0.745. The Morgan fingerprint density at radius 3 is 2.52 bits per heavy atom. The van der Waals surface area contributed by atoms with Crippen LogP contribution >= 0.6 is 0 Å². The van der Waals surface area contributed by atoms with Gasteiger partial charge in [-0.2, -0.15) is 9.57 Å². The van der Waals surface area contributed by atoms with E-state index in [9.17, 15) is 18.0 Å². The van der Waals surface area contributed by atoms with E-state index in [0.29, 0.717) is 13.2 Å². The second-order valence-electron chi connectivity index (χ2n) is 6.23. The van der Waals surface area contributed by atoms with E-state index < -0.39 is 21.8 Å². The van der Waals surface area contributed by atoms with Gasteiger partial charge in [0.15, 0.2) is 0 Å². The molecule has 9 nitrogen and oxygen atoms in total. The van der Waals surface area contributed by atoms with Crippen LogP contribution in [0.2, 0.25) is 0 Å². The molecule has 0 atom stereocenters. The molecule has 0 saturated carbocycles. The Hall–Kier alpha value is -3.26. The van der Waals surface area contributed by atoms with Crippen molar-refractivity contribution in [2.24, 2.45) is 5.73 Å². The maximum atomic E-state index is 12.8. The van der Waals surface area contributed by atoms with E-state index in [4.69, 9.17) is 15.7 Å². The van der Waals surface area contributed by atoms with E-state index in [1.54, 1.807) is 0 Å². The molecule has 1 aliphatic heterocycles. The van der Waals surface area contributed by atoms with Crippen LogP contribution in [0.4, 0.5) is 5.69 Å². The summed E-state index contributed by atoms with van der Waals surface area (Å²) in [4.78, 5) is 24.3. The van der Waals surface area contributed by atoms with Gasteiger partial charge in [0, 0.05) is 18.7 Å². The van der Waals surface area contributed by atoms with Gasteiger partial charge in [0.05, 0.1) is 41.0 Å². The highest BCUT2D eigenvalue weighted by atomic mass is 32.2. The number of nitrogens with zero attached hydrogens (tertiary/aromatic N) is 2. The number of hydrogen-bond donors (Lipinski definition) is 2. The van der Waals surface area contributed by atoms with Crippen LogP contribution in [0.1, 0.15) is 26.3 Å². The maximum Gasteiger partial charge on any atom is 0.255 e. The summed E-state index contributed by atoms with van der Waals surface area (Å²) in [7, 11) is -3.76. The number of nitrogens with two attached hydrogens (primary N) is 1. The molecule has 10 heteroatoms. The molecule has 0 bridgehead atoms. The smallest absolute Gasteiger partial charge is 0.255 e. The Morgan fingerprint density at radius 1 is 1.14 bits per heavy atom. The van der Waals surface area contributed by atoms with Crippen LogP contribution in [0.15, 0.2) is 47.4 Å². The summed E-state index contributed by atoms with van der Waals surface area (Å²) < 4.78 is 32.0. The van der Waals surface area contributed by atoms with Crippen LogP contribution < -0.4 is 11.1 Å². The van der Waals surface area contributed by atoms with Crippen LogP contribution in [0, 0.1) is 11.3 Å². The first-order valence-electron chi connectivity index (χ1n) is 8.66. The fourth-order valence-corrected chi connectivity index (χ4v) is 4.31. The molecule has 0 radical (unpaired) electrons. The van der Waals surface area contributed by atoms with Gasteiger partial charge in [0.2, 0.25) is 10.0 Å². The van der Waals surface area contributed by atoms with E-state index in [1.165, 1.54) is 46.8 Å². The molecule has 1 heterocycles. The number of carbonyl (C=O) groups is 2. The minimum Gasteiger partial charge on any atom is -0.379 e. The van der Waals surface area contributed by atoms with Gasteiger partial charge >= 0.3 is 0 Å². The number of amides is 2. The third kappa shape index (κ3) is 4.43. The Kier molecular flexibility index (Phi) is 5.93. The SMILES string of the molecule is N#Cc1ccc(NC(=O)c2cccc(S(=O)(=O)N3CCOCC3)c2)c(C(N)=O)c1. The lowest BCUT2D eigenvalue weighted by Crippen LogP contribution is -2.40. The van der Waals surface area contributed by atoms with Crippen molar-refractivity contribution in [3.63, 3.8) is 0 Å². The molecule has 2 aromatic rings. The average Bonchev–Trinajstić information content (AvgIpc) is 2.74. The third-order valence-electron chi connectivity index (χ3n) is 4.37. The highest BCUT2D eigenvalue weighted by molar-refractivity contribution is 7.89. The second kappa shape index (κ2) is 8.40. The van der Waals surface area contributed by atoms with Crippen LogP contribution in [-0.2, 0) is 14.8 Å². The standard InChI is InChI=1S/C19H18N4O5S/c20-12-13-4-5-17(16(10-13)18(21)24)22-19(25)14-2-1-3-15(11-14)29(26,27)23-6-8-28-9-7-23/h1-5,10-11H,6-9H2,(H2,21,24)(H,22,25). The number of benzene rings is 2. The summed E-state index contributed by atoms with van der Waals surface area (Å²) in [5, 5.41) is 11.5. The van der Waals surface area contributed by atoms with Crippen molar-refractivity contribution in [3.05, 3.63) is 59.2 Å². The summed E-state index contributed by atoms with van der Waals surface area (Å²) in [5.41, 5.74) is 5.74. The molecule has 0 aliphatic carbocycles. The highest BCUT2D eigenvalue weighted by Crippen LogP contribution is 2.21. The normalized spacial score (nSPS) is 14.7. The summed E-state index contributed by atoms with van der Waals surface area (Å²) in [6, 6.07) is 11.6. The van der Waals surface area contributed by atoms with Crippen molar-refractivity contribution in [1.82, 2.24) is 4.31 Å². The minimum absolute atomic E-state index is 0.0120. The lowest BCUT2D eigenvalue weighted by atomic mass is 10.1. The largest absolute Gasteiger partial charge is 0.379 e. The molecule has 3 rings (SSSR count). The molecule has 3 N–H and O–H groups in total. The average molecular weight is 414 g/mol. The van der Waals surface area contributed by atoms with Crippen molar-refractivity contribution in [2.75, 3.05) is 31.6 Å². The molecule has 0 aromatic heterocycles. The van der Waals surface area contributed by atoms with Crippen molar-refractivity contribution in [3.8, 4) is 6.07 Å². The number of sulfonamides is 1. The van der Waals surface area contributed by atoms with E-state index in [-0.39, 0.29) is 40.4 Å². The first kappa shape index (κ1) is 20.5. The fraction of sp³-hybridized carbons (Fsp3) is 0.211. The number of nitrogens with one attached hydrogen (secondary N) is 1. The third-order valence-corrected chi connectivity index (χ3v) is 6.26. The monoisotopic (exact) mass is 414 g/mol.